The second kappa shape index (κ2) is 5.06. The molecule has 0 heterocycles. The van der Waals surface area contributed by atoms with Crippen molar-refractivity contribution in [3.8, 4) is 0 Å². The molecular formula is C8H16N2. The summed E-state index contributed by atoms with van der Waals surface area (Å²) in [4.78, 5) is 2.00. The molecule has 0 saturated heterocycles. The van der Waals surface area contributed by atoms with Crippen molar-refractivity contribution >= 4 is 0 Å². The molecule has 2 heteroatoms. The third kappa shape index (κ3) is 3.30. The molecule has 0 amide bonds. The maximum Gasteiger partial charge on any atom is 0.0244 e. The molecule has 0 aromatic heterocycles. The third-order valence-corrected chi connectivity index (χ3v) is 1.47. The molecule has 0 aromatic rings. The molecule has 0 aliphatic carbocycles. The summed E-state index contributed by atoms with van der Waals surface area (Å²) in [5, 5.41) is 0. The van der Waals surface area contributed by atoms with Gasteiger partial charge < -0.3 is 10.6 Å². The smallest absolute Gasteiger partial charge is 0.0244 e. The molecule has 0 radical (unpaired) electrons. The van der Waals surface area contributed by atoms with Crippen LogP contribution in [-0.4, -0.2) is 25.0 Å². The van der Waals surface area contributed by atoms with Crippen LogP contribution in [0, 0.1) is 5.92 Å². The lowest BCUT2D eigenvalue weighted by atomic mass is 10.1. The molecule has 0 aliphatic rings. The Balaban J connectivity index is 3.61. The van der Waals surface area contributed by atoms with E-state index in [2.05, 4.69) is 13.2 Å². The Kier molecular flexibility index (Phi) is 4.67. The fraction of sp³-hybridized carbons (Fsp3) is 0.500. The van der Waals surface area contributed by atoms with Crippen molar-refractivity contribution in [2.75, 3.05) is 20.1 Å². The average Bonchev–Trinajstić information content (AvgIpc) is 1.99. The molecule has 2 nitrogen and oxygen atoms in total. The van der Waals surface area contributed by atoms with Crippen LogP contribution in [0.5, 0.6) is 0 Å². The summed E-state index contributed by atoms with van der Waals surface area (Å²) in [7, 11) is 1.97. The molecule has 0 aromatic carbocycles. The molecule has 0 spiro atoms. The van der Waals surface area contributed by atoms with Crippen LogP contribution < -0.4 is 5.73 Å². The minimum absolute atomic E-state index is 0.378. The van der Waals surface area contributed by atoms with Gasteiger partial charge in [-0.2, -0.15) is 0 Å². The van der Waals surface area contributed by atoms with Crippen molar-refractivity contribution in [2.45, 2.75) is 0 Å². The minimum atomic E-state index is 0.378. The number of nitrogens with two attached hydrogens (primary N) is 1. The van der Waals surface area contributed by atoms with Gasteiger partial charge in [0.15, 0.2) is 0 Å². The molecule has 0 rings (SSSR count). The molecule has 0 bridgehead atoms. The van der Waals surface area contributed by atoms with Crippen molar-refractivity contribution in [1.29, 1.82) is 0 Å². The highest BCUT2D eigenvalue weighted by Gasteiger charge is 2.01. The van der Waals surface area contributed by atoms with Gasteiger partial charge in [-0.05, 0) is 6.20 Å². The van der Waals surface area contributed by atoms with E-state index in [9.17, 15) is 0 Å². The van der Waals surface area contributed by atoms with Gasteiger partial charge in [0.25, 0.3) is 0 Å². The summed E-state index contributed by atoms with van der Waals surface area (Å²) in [6.45, 7) is 8.87. The van der Waals surface area contributed by atoms with Crippen LogP contribution in [-0.2, 0) is 0 Å². The Hall–Kier alpha value is -0.760. The van der Waals surface area contributed by atoms with Crippen LogP contribution in [0.1, 0.15) is 0 Å². The van der Waals surface area contributed by atoms with Gasteiger partial charge in [-0.15, -0.1) is 6.58 Å². The van der Waals surface area contributed by atoms with E-state index in [1.54, 1.807) is 6.20 Å². The zero-order chi connectivity index (χ0) is 7.98. The zero-order valence-corrected chi connectivity index (χ0v) is 6.59. The summed E-state index contributed by atoms with van der Waals surface area (Å²) in [6.07, 6.45) is 3.66. The molecule has 1 atom stereocenters. The Morgan fingerprint density at radius 3 is 2.50 bits per heavy atom. The van der Waals surface area contributed by atoms with Gasteiger partial charge in [-0.1, -0.05) is 12.7 Å². The van der Waals surface area contributed by atoms with Gasteiger partial charge in [0, 0.05) is 26.1 Å². The Labute approximate surface area is 63.0 Å². The fourth-order valence-corrected chi connectivity index (χ4v) is 0.690. The Bertz CT molecular complexity index is 110. The first-order chi connectivity index (χ1) is 4.74. The standard InChI is InChI=1S/C8H16N2/c1-4-8(6-9)7-10(3)5-2/h4-5,8H,1-2,6-7,9H2,3H3. The summed E-state index contributed by atoms with van der Waals surface area (Å²) >= 11 is 0. The monoisotopic (exact) mass is 140 g/mol. The average molecular weight is 140 g/mol. The van der Waals surface area contributed by atoms with E-state index in [-0.39, 0.29) is 0 Å². The van der Waals surface area contributed by atoms with Gasteiger partial charge in [-0.3, -0.25) is 0 Å². The minimum Gasteiger partial charge on any atom is -0.380 e. The second-order valence-electron chi connectivity index (χ2n) is 2.35. The summed E-state index contributed by atoms with van der Waals surface area (Å²) in [6, 6.07) is 0. The van der Waals surface area contributed by atoms with Crippen molar-refractivity contribution in [1.82, 2.24) is 4.90 Å². The van der Waals surface area contributed by atoms with Crippen LogP contribution >= 0.6 is 0 Å². The first kappa shape index (κ1) is 9.24. The van der Waals surface area contributed by atoms with Gasteiger partial charge in [0.05, 0.1) is 0 Å². The van der Waals surface area contributed by atoms with Gasteiger partial charge in [0.2, 0.25) is 0 Å². The summed E-state index contributed by atoms with van der Waals surface area (Å²) < 4.78 is 0. The largest absolute Gasteiger partial charge is 0.380 e. The summed E-state index contributed by atoms with van der Waals surface area (Å²) in [5.41, 5.74) is 5.45. The maximum atomic E-state index is 5.45. The molecule has 2 N–H and O–H groups in total. The topological polar surface area (TPSA) is 29.3 Å². The van der Waals surface area contributed by atoms with E-state index in [1.165, 1.54) is 0 Å². The number of hydrogen-bond acceptors (Lipinski definition) is 2. The van der Waals surface area contributed by atoms with Crippen molar-refractivity contribution in [3.63, 3.8) is 0 Å². The quantitative estimate of drug-likeness (QED) is 0.573. The SMILES string of the molecule is C=CC(CN)CN(C)C=C. The van der Waals surface area contributed by atoms with Crippen LogP contribution in [0.15, 0.2) is 25.4 Å². The van der Waals surface area contributed by atoms with Gasteiger partial charge >= 0.3 is 0 Å². The molecule has 0 saturated carbocycles. The highest BCUT2D eigenvalue weighted by atomic mass is 15.1. The molecular weight excluding hydrogens is 124 g/mol. The van der Waals surface area contributed by atoms with Crippen LogP contribution in [0.4, 0.5) is 0 Å². The van der Waals surface area contributed by atoms with Crippen LogP contribution in [0.2, 0.25) is 0 Å². The highest BCUT2D eigenvalue weighted by Crippen LogP contribution is 1.97. The zero-order valence-electron chi connectivity index (χ0n) is 6.59. The first-order valence-corrected chi connectivity index (χ1v) is 3.40. The van der Waals surface area contributed by atoms with Crippen molar-refractivity contribution in [3.05, 3.63) is 25.4 Å². The Morgan fingerprint density at radius 1 is 1.60 bits per heavy atom. The van der Waals surface area contributed by atoms with Crippen LogP contribution in [0.3, 0.4) is 0 Å². The van der Waals surface area contributed by atoms with Crippen molar-refractivity contribution < 1.29 is 0 Å². The normalized spacial score (nSPS) is 12.2. The number of rotatable bonds is 5. The summed E-state index contributed by atoms with van der Waals surface area (Å²) in [5.74, 6) is 0.378. The van der Waals surface area contributed by atoms with E-state index in [4.69, 9.17) is 5.73 Å². The lowest BCUT2D eigenvalue weighted by Crippen LogP contribution is -2.25. The third-order valence-electron chi connectivity index (χ3n) is 1.47. The maximum absolute atomic E-state index is 5.45. The lowest BCUT2D eigenvalue weighted by Gasteiger charge is -2.17. The molecule has 0 aliphatic heterocycles. The van der Waals surface area contributed by atoms with Gasteiger partial charge in [0.1, 0.15) is 0 Å². The highest BCUT2D eigenvalue weighted by molar-refractivity contribution is 4.83. The first-order valence-electron chi connectivity index (χ1n) is 3.40. The fourth-order valence-electron chi connectivity index (χ4n) is 0.690. The van der Waals surface area contributed by atoms with Gasteiger partial charge in [-0.25, -0.2) is 0 Å². The molecule has 1 unspecified atom stereocenters. The second-order valence-corrected chi connectivity index (χ2v) is 2.35. The molecule has 0 fully saturated rings. The van der Waals surface area contributed by atoms with E-state index in [1.807, 2.05) is 18.0 Å². The van der Waals surface area contributed by atoms with E-state index in [0.29, 0.717) is 12.5 Å². The Morgan fingerprint density at radius 2 is 2.20 bits per heavy atom. The van der Waals surface area contributed by atoms with E-state index in [0.717, 1.165) is 6.54 Å². The van der Waals surface area contributed by atoms with Crippen LogP contribution in [0.25, 0.3) is 0 Å². The predicted molar refractivity (Wildman–Crippen MR) is 45.6 cm³/mol. The number of nitrogens with zero attached hydrogens (tertiary/aromatic N) is 1. The predicted octanol–water partition coefficient (Wildman–Crippen LogP) is 0.823. The molecule has 58 valence electrons. The molecule has 10 heavy (non-hydrogen) atoms. The van der Waals surface area contributed by atoms with E-state index >= 15 is 0 Å². The van der Waals surface area contributed by atoms with E-state index < -0.39 is 0 Å². The lowest BCUT2D eigenvalue weighted by molar-refractivity contribution is 0.401. The number of hydrogen-bond donors (Lipinski definition) is 1. The van der Waals surface area contributed by atoms with Crippen molar-refractivity contribution in [2.24, 2.45) is 11.7 Å².